The Labute approximate surface area is 154 Å². The van der Waals surface area contributed by atoms with Gasteiger partial charge in [0.05, 0.1) is 5.69 Å². The van der Waals surface area contributed by atoms with E-state index in [-0.39, 0.29) is 6.03 Å². The highest BCUT2D eigenvalue weighted by molar-refractivity contribution is 5.96. The lowest BCUT2D eigenvalue weighted by molar-refractivity contribution is 0.145. The molecule has 1 aliphatic rings. The maximum absolute atomic E-state index is 12.6. The summed E-state index contributed by atoms with van der Waals surface area (Å²) in [6.07, 6.45) is 2.59. The Balaban J connectivity index is 1.66. The molecular formula is C20H26N4O2. The topological polar surface area (TPSA) is 57.7 Å². The Bertz CT molecular complexity index is 708. The minimum atomic E-state index is -0.0740. The number of hydrogen-bond acceptors (Lipinski definition) is 4. The first kappa shape index (κ1) is 18.2. The summed E-state index contributed by atoms with van der Waals surface area (Å²) in [6.45, 7) is 6.13. The van der Waals surface area contributed by atoms with Gasteiger partial charge in [-0.15, -0.1) is 0 Å². The number of benzene rings is 1. The van der Waals surface area contributed by atoms with Gasteiger partial charge in [0, 0.05) is 45.6 Å². The van der Waals surface area contributed by atoms with E-state index in [1.807, 2.05) is 37.3 Å². The number of hydrogen-bond donors (Lipinski definition) is 1. The highest BCUT2D eigenvalue weighted by Crippen LogP contribution is 2.31. The number of carbonyl (C=O) groups excluding carboxylic acids is 1. The molecule has 0 atom stereocenters. The van der Waals surface area contributed by atoms with Crippen LogP contribution in [0.25, 0.3) is 0 Å². The fourth-order valence-electron chi connectivity index (χ4n) is 3.07. The summed E-state index contributed by atoms with van der Waals surface area (Å²) in [5.74, 6) is 0.854. The number of pyridine rings is 1. The second kappa shape index (κ2) is 9.20. The minimum Gasteiger partial charge on any atom is -0.382 e. The van der Waals surface area contributed by atoms with Crippen LogP contribution in [0.3, 0.4) is 0 Å². The van der Waals surface area contributed by atoms with Crippen molar-refractivity contribution >= 4 is 17.5 Å². The van der Waals surface area contributed by atoms with Crippen LogP contribution in [0.1, 0.15) is 18.9 Å². The van der Waals surface area contributed by atoms with Crippen molar-refractivity contribution in [3.05, 3.63) is 54.2 Å². The normalized spacial score (nSPS) is 13.4. The van der Waals surface area contributed by atoms with Gasteiger partial charge in [0.25, 0.3) is 0 Å². The summed E-state index contributed by atoms with van der Waals surface area (Å²) in [5, 5.41) is 2.98. The largest absolute Gasteiger partial charge is 0.382 e. The van der Waals surface area contributed by atoms with Gasteiger partial charge in [-0.1, -0.05) is 30.3 Å². The quantitative estimate of drug-likeness (QED) is 0.777. The lowest BCUT2D eigenvalue weighted by Crippen LogP contribution is -2.48. The Morgan fingerprint density at radius 1 is 1.19 bits per heavy atom. The summed E-state index contributed by atoms with van der Waals surface area (Å²) in [5.41, 5.74) is 2.09. The number of rotatable bonds is 7. The molecule has 6 nitrogen and oxygen atoms in total. The number of fused-ring (bicyclic) bond motifs is 1. The number of ether oxygens (including phenoxy) is 1. The predicted molar refractivity (Wildman–Crippen MR) is 104 cm³/mol. The third kappa shape index (κ3) is 4.52. The van der Waals surface area contributed by atoms with Gasteiger partial charge in [-0.3, -0.25) is 4.90 Å². The lowest BCUT2D eigenvalue weighted by Gasteiger charge is -2.36. The zero-order valence-electron chi connectivity index (χ0n) is 15.2. The van der Waals surface area contributed by atoms with Crippen LogP contribution in [0.2, 0.25) is 0 Å². The van der Waals surface area contributed by atoms with Crippen molar-refractivity contribution in [2.24, 2.45) is 0 Å². The molecule has 1 N–H and O–H groups in total. The number of aromatic nitrogens is 1. The van der Waals surface area contributed by atoms with Gasteiger partial charge in [-0.2, -0.15) is 0 Å². The third-order valence-electron chi connectivity index (χ3n) is 4.36. The molecule has 0 fully saturated rings. The molecule has 0 unspecified atom stereocenters. The molecule has 3 rings (SSSR count). The molecule has 6 heteroatoms. The zero-order valence-corrected chi connectivity index (χ0v) is 15.2. The monoisotopic (exact) mass is 354 g/mol. The second-order valence-corrected chi connectivity index (χ2v) is 6.19. The molecule has 0 spiro atoms. The Kier molecular flexibility index (Phi) is 6.44. The molecule has 1 aromatic heterocycles. The molecule has 0 saturated heterocycles. The van der Waals surface area contributed by atoms with Crippen LogP contribution >= 0.6 is 0 Å². The molecule has 0 radical (unpaired) electrons. The van der Waals surface area contributed by atoms with Gasteiger partial charge >= 0.3 is 6.03 Å². The smallest absolute Gasteiger partial charge is 0.322 e. The van der Waals surface area contributed by atoms with Crippen LogP contribution in [-0.2, 0) is 11.3 Å². The van der Waals surface area contributed by atoms with Gasteiger partial charge < -0.3 is 15.0 Å². The molecular weight excluding hydrogens is 328 g/mol. The fraction of sp³-hybridized carbons (Fsp3) is 0.400. The Hall–Kier alpha value is -2.60. The maximum atomic E-state index is 12.6. The van der Waals surface area contributed by atoms with Crippen LogP contribution in [-0.4, -0.2) is 43.9 Å². The van der Waals surface area contributed by atoms with E-state index in [2.05, 4.69) is 27.3 Å². The highest BCUT2D eigenvalue weighted by Gasteiger charge is 2.27. The van der Waals surface area contributed by atoms with E-state index in [0.717, 1.165) is 31.0 Å². The van der Waals surface area contributed by atoms with E-state index in [1.165, 1.54) is 5.56 Å². The zero-order chi connectivity index (χ0) is 18.2. The molecule has 1 aliphatic heterocycles. The van der Waals surface area contributed by atoms with Crippen LogP contribution < -0.4 is 15.1 Å². The van der Waals surface area contributed by atoms with Crippen molar-refractivity contribution in [3.63, 3.8) is 0 Å². The first-order chi connectivity index (χ1) is 12.8. The van der Waals surface area contributed by atoms with Gasteiger partial charge in [0.2, 0.25) is 0 Å². The number of amides is 2. The van der Waals surface area contributed by atoms with Crippen molar-refractivity contribution in [1.29, 1.82) is 0 Å². The molecule has 2 aromatic rings. The first-order valence-electron chi connectivity index (χ1n) is 9.16. The van der Waals surface area contributed by atoms with E-state index in [4.69, 9.17) is 4.74 Å². The van der Waals surface area contributed by atoms with E-state index in [0.29, 0.717) is 26.3 Å². The third-order valence-corrected chi connectivity index (χ3v) is 4.36. The average molecular weight is 354 g/mol. The molecule has 0 saturated carbocycles. The van der Waals surface area contributed by atoms with Crippen LogP contribution in [0, 0.1) is 0 Å². The number of anilines is 2. The number of nitrogens with one attached hydrogen (secondary N) is 1. The lowest BCUT2D eigenvalue weighted by atomic mass is 10.2. The molecule has 2 heterocycles. The SMILES string of the molecule is CCOCCCNC(=O)N1CCN(Cc2ccccc2)c2ncccc21. The van der Waals surface area contributed by atoms with Crippen molar-refractivity contribution in [2.45, 2.75) is 19.9 Å². The summed E-state index contributed by atoms with van der Waals surface area (Å²) in [6, 6.07) is 14.1. The van der Waals surface area contributed by atoms with Gasteiger partial charge in [-0.25, -0.2) is 9.78 Å². The number of urea groups is 1. The Morgan fingerprint density at radius 3 is 2.85 bits per heavy atom. The molecule has 2 amide bonds. The van der Waals surface area contributed by atoms with Gasteiger partial charge in [-0.05, 0) is 31.0 Å². The van der Waals surface area contributed by atoms with E-state index in [9.17, 15) is 4.79 Å². The van der Waals surface area contributed by atoms with Crippen LogP contribution in [0.15, 0.2) is 48.7 Å². The Morgan fingerprint density at radius 2 is 2.04 bits per heavy atom. The van der Waals surface area contributed by atoms with Crippen molar-refractivity contribution in [1.82, 2.24) is 10.3 Å². The van der Waals surface area contributed by atoms with E-state index in [1.54, 1.807) is 11.1 Å². The summed E-state index contributed by atoms with van der Waals surface area (Å²) in [7, 11) is 0. The number of nitrogens with zero attached hydrogens (tertiary/aromatic N) is 3. The van der Waals surface area contributed by atoms with Crippen molar-refractivity contribution in [3.8, 4) is 0 Å². The second-order valence-electron chi connectivity index (χ2n) is 6.19. The molecule has 0 aliphatic carbocycles. The van der Waals surface area contributed by atoms with E-state index < -0.39 is 0 Å². The standard InChI is InChI=1S/C20H26N4O2/c1-2-26-15-7-12-22-20(25)24-14-13-23(16-17-8-4-3-5-9-17)19-18(24)10-6-11-21-19/h3-6,8-11H,2,7,12-16H2,1H3,(H,22,25). The molecule has 26 heavy (non-hydrogen) atoms. The van der Waals surface area contributed by atoms with Crippen molar-refractivity contribution in [2.75, 3.05) is 42.6 Å². The average Bonchev–Trinajstić information content (AvgIpc) is 2.69. The van der Waals surface area contributed by atoms with Crippen molar-refractivity contribution < 1.29 is 9.53 Å². The molecule has 1 aromatic carbocycles. The molecule has 138 valence electrons. The number of carbonyl (C=O) groups is 1. The van der Waals surface area contributed by atoms with Gasteiger partial charge in [0.1, 0.15) is 0 Å². The molecule has 0 bridgehead atoms. The summed E-state index contributed by atoms with van der Waals surface area (Å²) in [4.78, 5) is 21.1. The van der Waals surface area contributed by atoms with Crippen LogP contribution in [0.5, 0.6) is 0 Å². The maximum Gasteiger partial charge on any atom is 0.322 e. The highest BCUT2D eigenvalue weighted by atomic mass is 16.5. The fourth-order valence-corrected chi connectivity index (χ4v) is 3.07. The minimum absolute atomic E-state index is 0.0740. The first-order valence-corrected chi connectivity index (χ1v) is 9.16. The predicted octanol–water partition coefficient (Wildman–Crippen LogP) is 3.04. The van der Waals surface area contributed by atoms with Crippen LogP contribution in [0.4, 0.5) is 16.3 Å². The van der Waals surface area contributed by atoms with Gasteiger partial charge in [0.15, 0.2) is 5.82 Å². The summed E-state index contributed by atoms with van der Waals surface area (Å²) >= 11 is 0. The van der Waals surface area contributed by atoms with E-state index >= 15 is 0 Å². The summed E-state index contributed by atoms with van der Waals surface area (Å²) < 4.78 is 5.31.